The van der Waals surface area contributed by atoms with Crippen molar-refractivity contribution in [1.29, 1.82) is 0 Å². The van der Waals surface area contributed by atoms with E-state index in [1.54, 1.807) is 6.08 Å². The first-order chi connectivity index (χ1) is 22.0. The number of halogens is 1. The highest BCUT2D eigenvalue weighted by molar-refractivity contribution is 5.81. The molecule has 2 unspecified atom stereocenters. The predicted molar refractivity (Wildman–Crippen MR) is 175 cm³/mol. The average molecular weight is 615 g/mol. The van der Waals surface area contributed by atoms with Crippen LogP contribution in [0.15, 0.2) is 97.6 Å². The second-order valence-electron chi connectivity index (χ2n) is 10.6. The maximum absolute atomic E-state index is 15.1. The number of carbonyl (C=O) groups excluding carboxylic acids is 2. The molecule has 7 heteroatoms. The van der Waals surface area contributed by atoms with Crippen LogP contribution in [0.4, 0.5) is 4.39 Å². The normalized spacial score (nSPS) is 15.2. The highest BCUT2D eigenvalue weighted by Gasteiger charge is 2.21. The summed E-state index contributed by atoms with van der Waals surface area (Å²) in [7, 11) is 0. The zero-order chi connectivity index (χ0) is 32.1. The van der Waals surface area contributed by atoms with Gasteiger partial charge in [-0.25, -0.2) is 14.0 Å². The number of esters is 2. The third kappa shape index (κ3) is 13.7. The fourth-order valence-electron chi connectivity index (χ4n) is 4.55. The summed E-state index contributed by atoms with van der Waals surface area (Å²) in [5.41, 5.74) is 2.36. The SMILES string of the molecule is C=CC(=O)OCCCCCCOc1ccc(C#CC2=CC(F)C(c3ccc(OCCCCCCOC(=O)C=C)cc3)C=C2)cc1. The fourth-order valence-corrected chi connectivity index (χ4v) is 4.55. The lowest BCUT2D eigenvalue weighted by atomic mass is 9.88. The topological polar surface area (TPSA) is 71.1 Å². The number of hydrogen-bond donors (Lipinski definition) is 0. The van der Waals surface area contributed by atoms with Crippen molar-refractivity contribution in [3.63, 3.8) is 0 Å². The molecule has 0 saturated heterocycles. The van der Waals surface area contributed by atoms with Crippen molar-refractivity contribution in [2.45, 2.75) is 63.5 Å². The summed E-state index contributed by atoms with van der Waals surface area (Å²) in [5, 5.41) is 0. The zero-order valence-electron chi connectivity index (χ0n) is 25.9. The molecule has 0 amide bonds. The Kier molecular flexibility index (Phi) is 15.8. The first kappa shape index (κ1) is 34.9. The minimum atomic E-state index is -1.17. The average Bonchev–Trinajstić information content (AvgIpc) is 3.06. The Morgan fingerprint density at radius 3 is 1.67 bits per heavy atom. The molecule has 1 aliphatic rings. The molecule has 2 aromatic rings. The first-order valence-corrected chi connectivity index (χ1v) is 15.6. The predicted octanol–water partition coefficient (Wildman–Crippen LogP) is 7.99. The van der Waals surface area contributed by atoms with E-state index in [9.17, 15) is 9.59 Å². The Labute approximate surface area is 266 Å². The van der Waals surface area contributed by atoms with Gasteiger partial charge >= 0.3 is 11.9 Å². The van der Waals surface area contributed by atoms with E-state index in [1.807, 2.05) is 60.7 Å². The van der Waals surface area contributed by atoms with Crippen LogP contribution in [0.5, 0.6) is 11.5 Å². The number of rotatable bonds is 19. The van der Waals surface area contributed by atoms with Gasteiger partial charge < -0.3 is 18.9 Å². The quantitative estimate of drug-likeness (QED) is 0.0691. The summed E-state index contributed by atoms with van der Waals surface area (Å²) in [4.78, 5) is 22.0. The van der Waals surface area contributed by atoms with Gasteiger partial charge in [0.2, 0.25) is 0 Å². The smallest absolute Gasteiger partial charge is 0.330 e. The van der Waals surface area contributed by atoms with Gasteiger partial charge in [-0.2, -0.15) is 0 Å². The Hall–Kier alpha value is -4.57. The van der Waals surface area contributed by atoms with E-state index >= 15 is 4.39 Å². The van der Waals surface area contributed by atoms with Gasteiger partial charge in [-0.3, -0.25) is 0 Å². The summed E-state index contributed by atoms with van der Waals surface area (Å²) in [6, 6.07) is 15.1. The minimum Gasteiger partial charge on any atom is -0.494 e. The van der Waals surface area contributed by atoms with Crippen molar-refractivity contribution in [3.05, 3.63) is 109 Å². The second-order valence-corrected chi connectivity index (χ2v) is 10.6. The molecule has 3 rings (SSSR count). The lowest BCUT2D eigenvalue weighted by molar-refractivity contribution is -0.138. The molecule has 0 bridgehead atoms. The summed E-state index contributed by atoms with van der Waals surface area (Å²) in [6.07, 6.45) is 13.9. The molecule has 0 N–H and O–H groups in total. The number of alkyl halides is 1. The maximum atomic E-state index is 15.1. The van der Waals surface area contributed by atoms with Gasteiger partial charge in [0.1, 0.15) is 17.7 Å². The molecular weight excluding hydrogens is 571 g/mol. The highest BCUT2D eigenvalue weighted by atomic mass is 19.1. The number of unbranched alkanes of at least 4 members (excludes halogenated alkanes) is 6. The Balaban J connectivity index is 1.33. The van der Waals surface area contributed by atoms with E-state index in [2.05, 4.69) is 25.0 Å². The van der Waals surface area contributed by atoms with E-state index in [0.29, 0.717) is 32.0 Å². The van der Waals surface area contributed by atoms with Crippen molar-refractivity contribution in [1.82, 2.24) is 0 Å². The molecule has 0 fully saturated rings. The highest BCUT2D eigenvalue weighted by Crippen LogP contribution is 2.30. The molecule has 0 heterocycles. The lowest BCUT2D eigenvalue weighted by Gasteiger charge is -2.19. The van der Waals surface area contributed by atoms with Gasteiger partial charge in [-0.1, -0.05) is 49.3 Å². The van der Waals surface area contributed by atoms with Gasteiger partial charge in [0.15, 0.2) is 0 Å². The lowest BCUT2D eigenvalue weighted by Crippen LogP contribution is -2.13. The van der Waals surface area contributed by atoms with Crippen LogP contribution in [0.3, 0.4) is 0 Å². The van der Waals surface area contributed by atoms with Gasteiger partial charge in [-0.05, 0) is 99.4 Å². The molecule has 2 aromatic carbocycles. The summed E-state index contributed by atoms with van der Waals surface area (Å²) in [5.74, 6) is 6.57. The van der Waals surface area contributed by atoms with Crippen LogP contribution in [0, 0.1) is 11.8 Å². The number of ether oxygens (including phenoxy) is 4. The molecule has 1 aliphatic carbocycles. The molecule has 0 radical (unpaired) electrons. The molecule has 6 nitrogen and oxygen atoms in total. The second kappa shape index (κ2) is 20.4. The minimum absolute atomic E-state index is 0.369. The van der Waals surface area contributed by atoms with E-state index in [0.717, 1.165) is 74.0 Å². The van der Waals surface area contributed by atoms with E-state index < -0.39 is 6.17 Å². The van der Waals surface area contributed by atoms with Crippen LogP contribution in [0.1, 0.15) is 68.4 Å². The number of allylic oxidation sites excluding steroid dienone is 4. The molecule has 0 saturated carbocycles. The van der Waals surface area contributed by atoms with Crippen molar-refractivity contribution < 1.29 is 32.9 Å². The molecule has 45 heavy (non-hydrogen) atoms. The summed E-state index contributed by atoms with van der Waals surface area (Å²) in [6.45, 7) is 8.78. The van der Waals surface area contributed by atoms with Crippen LogP contribution in [0.2, 0.25) is 0 Å². The van der Waals surface area contributed by atoms with Crippen LogP contribution in [-0.4, -0.2) is 44.5 Å². The Bertz CT molecular complexity index is 1350. The number of benzene rings is 2. The molecule has 2 atom stereocenters. The van der Waals surface area contributed by atoms with Crippen molar-refractivity contribution >= 4 is 11.9 Å². The van der Waals surface area contributed by atoms with E-state index in [4.69, 9.17) is 18.9 Å². The molecule has 0 aromatic heterocycles. The Morgan fingerprint density at radius 2 is 1.18 bits per heavy atom. The van der Waals surface area contributed by atoms with Gasteiger partial charge in [0.05, 0.1) is 26.4 Å². The monoisotopic (exact) mass is 614 g/mol. The fraction of sp³-hybridized carbons (Fsp3) is 0.368. The standard InChI is InChI=1S/C38H43FO6/c1-3-37(40)44-27-11-7-5-9-25-42-33-20-15-30(16-21-33)13-14-31-17-24-35(36(39)29-31)32-18-22-34(23-19-32)43-26-10-6-8-12-28-45-38(41)4-2/h3-4,15-24,29,35-36H,1-2,5-12,25-28H2. The number of carbonyl (C=O) groups is 2. The van der Waals surface area contributed by atoms with Crippen LogP contribution in [-0.2, 0) is 19.1 Å². The largest absolute Gasteiger partial charge is 0.494 e. The summed E-state index contributed by atoms with van der Waals surface area (Å²) >= 11 is 0. The molecule has 0 spiro atoms. The van der Waals surface area contributed by atoms with Crippen LogP contribution < -0.4 is 9.47 Å². The maximum Gasteiger partial charge on any atom is 0.330 e. The van der Waals surface area contributed by atoms with Crippen molar-refractivity contribution in [3.8, 4) is 23.3 Å². The van der Waals surface area contributed by atoms with E-state index in [-0.39, 0.29) is 17.9 Å². The van der Waals surface area contributed by atoms with Crippen molar-refractivity contribution in [2.24, 2.45) is 0 Å². The van der Waals surface area contributed by atoms with Crippen LogP contribution >= 0.6 is 0 Å². The van der Waals surface area contributed by atoms with Gasteiger partial charge in [0.25, 0.3) is 0 Å². The molecular formula is C38H43FO6. The zero-order valence-corrected chi connectivity index (χ0v) is 25.9. The Morgan fingerprint density at radius 1 is 0.689 bits per heavy atom. The first-order valence-electron chi connectivity index (χ1n) is 15.6. The van der Waals surface area contributed by atoms with Crippen molar-refractivity contribution in [2.75, 3.05) is 26.4 Å². The third-order valence-corrected chi connectivity index (χ3v) is 7.07. The van der Waals surface area contributed by atoms with Gasteiger partial charge in [-0.15, -0.1) is 0 Å². The molecule has 238 valence electrons. The van der Waals surface area contributed by atoms with Gasteiger partial charge in [0, 0.05) is 29.2 Å². The van der Waals surface area contributed by atoms with E-state index in [1.165, 1.54) is 12.2 Å². The third-order valence-electron chi connectivity index (χ3n) is 7.07. The van der Waals surface area contributed by atoms with Crippen LogP contribution in [0.25, 0.3) is 0 Å². The summed E-state index contributed by atoms with van der Waals surface area (Å²) < 4.78 is 36.6. The number of hydrogen-bond acceptors (Lipinski definition) is 6. The molecule has 0 aliphatic heterocycles.